The molecule has 4 rings (SSSR count). The molecule has 0 aliphatic heterocycles. The van der Waals surface area contributed by atoms with Gasteiger partial charge in [-0.15, -0.1) is 0 Å². The van der Waals surface area contributed by atoms with Crippen LogP contribution in [-0.4, -0.2) is 28.2 Å². The Morgan fingerprint density at radius 2 is 1.77 bits per heavy atom. The fourth-order valence-electron chi connectivity index (χ4n) is 7.04. The third-order valence-electron chi connectivity index (χ3n) is 8.18. The van der Waals surface area contributed by atoms with E-state index in [9.17, 15) is 15.0 Å². The van der Waals surface area contributed by atoms with Gasteiger partial charge in [-0.1, -0.05) is 13.8 Å². The van der Waals surface area contributed by atoms with Crippen molar-refractivity contribution in [1.29, 1.82) is 0 Å². The van der Waals surface area contributed by atoms with Crippen LogP contribution in [0.2, 0.25) is 0 Å². The topological polar surface area (TPSA) is 57.5 Å². The third kappa shape index (κ3) is 1.97. The maximum atomic E-state index is 12.8. The summed E-state index contributed by atoms with van der Waals surface area (Å²) >= 11 is 0. The first-order valence-electron chi connectivity index (χ1n) is 9.22. The molecule has 0 unspecified atom stereocenters. The highest BCUT2D eigenvalue weighted by Gasteiger charge is 2.61. The molecule has 8 atom stereocenters. The zero-order chi connectivity index (χ0) is 15.7. The molecule has 0 aromatic heterocycles. The van der Waals surface area contributed by atoms with E-state index in [0.29, 0.717) is 36.4 Å². The highest BCUT2D eigenvalue weighted by molar-refractivity contribution is 5.83. The zero-order valence-electron chi connectivity index (χ0n) is 13.9. The van der Waals surface area contributed by atoms with Gasteiger partial charge in [-0.3, -0.25) is 4.79 Å². The van der Waals surface area contributed by atoms with E-state index in [1.165, 1.54) is 12.8 Å². The van der Waals surface area contributed by atoms with Crippen molar-refractivity contribution in [2.75, 3.05) is 0 Å². The van der Waals surface area contributed by atoms with E-state index in [0.717, 1.165) is 25.7 Å². The second kappa shape index (κ2) is 4.80. The number of aliphatic hydroxyl groups excluding tert-OH is 2. The molecule has 4 saturated carbocycles. The van der Waals surface area contributed by atoms with E-state index >= 15 is 0 Å². The van der Waals surface area contributed by atoms with Crippen molar-refractivity contribution in [2.45, 2.75) is 77.4 Å². The van der Waals surface area contributed by atoms with Gasteiger partial charge in [0.15, 0.2) is 0 Å². The Bertz CT molecular complexity index is 489. The quantitative estimate of drug-likeness (QED) is 0.723. The predicted molar refractivity (Wildman–Crippen MR) is 84.1 cm³/mol. The minimum atomic E-state index is -0.277. The fourth-order valence-corrected chi connectivity index (χ4v) is 7.04. The Balaban J connectivity index is 1.67. The smallest absolute Gasteiger partial charge is 0.136 e. The Labute approximate surface area is 133 Å². The van der Waals surface area contributed by atoms with E-state index in [4.69, 9.17) is 0 Å². The number of hydrogen-bond acceptors (Lipinski definition) is 3. The van der Waals surface area contributed by atoms with Gasteiger partial charge in [0, 0.05) is 12.3 Å². The van der Waals surface area contributed by atoms with E-state index in [2.05, 4.69) is 13.8 Å². The Hall–Kier alpha value is -0.410. The van der Waals surface area contributed by atoms with Crippen molar-refractivity contribution >= 4 is 5.78 Å². The maximum absolute atomic E-state index is 12.8. The van der Waals surface area contributed by atoms with Crippen molar-refractivity contribution in [1.82, 2.24) is 0 Å². The van der Waals surface area contributed by atoms with Crippen LogP contribution in [0.3, 0.4) is 0 Å². The minimum Gasteiger partial charge on any atom is -0.393 e. The molecule has 0 bridgehead atoms. The average molecular weight is 306 g/mol. The summed E-state index contributed by atoms with van der Waals surface area (Å²) in [7, 11) is 0. The number of rotatable bonds is 0. The van der Waals surface area contributed by atoms with Crippen LogP contribution in [0.15, 0.2) is 0 Å². The van der Waals surface area contributed by atoms with E-state index in [1.807, 2.05) is 0 Å². The number of ketones is 1. The highest BCUT2D eigenvalue weighted by Crippen LogP contribution is 2.65. The Kier molecular flexibility index (Phi) is 3.30. The predicted octanol–water partition coefficient (Wildman–Crippen LogP) is 2.93. The summed E-state index contributed by atoms with van der Waals surface area (Å²) in [5.74, 6) is 2.09. The molecule has 4 fully saturated rings. The van der Waals surface area contributed by atoms with Gasteiger partial charge in [0.05, 0.1) is 12.2 Å². The number of Topliss-reactive ketones (excluding diaryl/α,β-unsaturated/α-hetero) is 1. The van der Waals surface area contributed by atoms with Crippen LogP contribution in [0, 0.1) is 34.5 Å². The third-order valence-corrected chi connectivity index (χ3v) is 8.18. The molecule has 124 valence electrons. The monoisotopic (exact) mass is 306 g/mol. The summed E-state index contributed by atoms with van der Waals surface area (Å²) in [5.41, 5.74) is 0.340. The summed E-state index contributed by atoms with van der Waals surface area (Å²) in [4.78, 5) is 12.8. The van der Waals surface area contributed by atoms with E-state index in [1.54, 1.807) is 0 Å². The number of carbonyl (C=O) groups excluding carboxylic acids is 1. The Morgan fingerprint density at radius 3 is 2.55 bits per heavy atom. The standard InChI is InChI=1S/C19H30O3/c1-18-5-4-14-13(15(18)8-12(21)10-18)9-17(22)16-7-11(20)3-6-19(14,16)2/h11-16,20-21H,3-10H2,1-2H3/t11-,12+,13+,14-,15-,16-,18-,19-/m1/s1. The normalized spacial score (nSPS) is 57.9. The molecule has 0 spiro atoms. The minimum absolute atomic E-state index is 0.0770. The van der Waals surface area contributed by atoms with Crippen LogP contribution in [0.1, 0.15) is 65.2 Å². The molecular weight excluding hydrogens is 276 g/mol. The lowest BCUT2D eigenvalue weighted by Gasteiger charge is -2.59. The summed E-state index contributed by atoms with van der Waals surface area (Å²) < 4.78 is 0. The van der Waals surface area contributed by atoms with E-state index in [-0.39, 0.29) is 29.0 Å². The van der Waals surface area contributed by atoms with Gasteiger partial charge >= 0.3 is 0 Å². The van der Waals surface area contributed by atoms with Crippen LogP contribution in [0.5, 0.6) is 0 Å². The van der Waals surface area contributed by atoms with Gasteiger partial charge in [-0.25, -0.2) is 0 Å². The number of fused-ring (bicyclic) bond motifs is 5. The van der Waals surface area contributed by atoms with Crippen molar-refractivity contribution < 1.29 is 15.0 Å². The van der Waals surface area contributed by atoms with Crippen molar-refractivity contribution in [3.63, 3.8) is 0 Å². The molecule has 3 heteroatoms. The summed E-state index contributed by atoms with van der Waals surface area (Å²) in [6.07, 6.45) is 7.03. The SMILES string of the molecule is C[C@]12CC[C@@H]3[C@H](CC(=O)[C@H]4C[C@H](O)CC[C@@]43C)[C@H]1C[C@H](O)C2. The molecule has 0 radical (unpaired) electrons. The highest BCUT2D eigenvalue weighted by atomic mass is 16.3. The summed E-state index contributed by atoms with van der Waals surface area (Å²) in [6, 6.07) is 0. The van der Waals surface area contributed by atoms with Gasteiger partial charge < -0.3 is 10.2 Å². The molecule has 4 aliphatic carbocycles. The molecule has 0 aromatic rings. The molecule has 0 aromatic carbocycles. The lowest BCUT2D eigenvalue weighted by atomic mass is 9.45. The molecule has 2 N–H and O–H groups in total. The molecule has 0 heterocycles. The average Bonchev–Trinajstić information content (AvgIpc) is 2.76. The van der Waals surface area contributed by atoms with Crippen molar-refractivity contribution in [2.24, 2.45) is 34.5 Å². The van der Waals surface area contributed by atoms with Crippen LogP contribution in [0.25, 0.3) is 0 Å². The van der Waals surface area contributed by atoms with E-state index < -0.39 is 0 Å². The van der Waals surface area contributed by atoms with Gasteiger partial charge in [0.2, 0.25) is 0 Å². The van der Waals surface area contributed by atoms with Gasteiger partial charge in [-0.2, -0.15) is 0 Å². The van der Waals surface area contributed by atoms with Gasteiger partial charge in [-0.05, 0) is 73.5 Å². The largest absolute Gasteiger partial charge is 0.393 e. The Morgan fingerprint density at radius 1 is 1.00 bits per heavy atom. The summed E-state index contributed by atoms with van der Waals surface area (Å²) in [5, 5.41) is 20.2. The van der Waals surface area contributed by atoms with Gasteiger partial charge in [0.1, 0.15) is 5.78 Å². The molecule has 22 heavy (non-hydrogen) atoms. The van der Waals surface area contributed by atoms with Crippen LogP contribution >= 0.6 is 0 Å². The second-order valence-corrected chi connectivity index (χ2v) is 9.32. The molecule has 4 aliphatic rings. The molecular formula is C19H30O3. The van der Waals surface area contributed by atoms with Crippen molar-refractivity contribution in [3.05, 3.63) is 0 Å². The van der Waals surface area contributed by atoms with Gasteiger partial charge in [0.25, 0.3) is 0 Å². The molecule has 0 amide bonds. The number of hydrogen-bond donors (Lipinski definition) is 2. The first-order valence-corrected chi connectivity index (χ1v) is 9.22. The fraction of sp³-hybridized carbons (Fsp3) is 0.947. The van der Waals surface area contributed by atoms with Crippen LogP contribution < -0.4 is 0 Å². The molecule has 0 saturated heterocycles. The number of aliphatic hydroxyl groups is 2. The molecule has 3 nitrogen and oxygen atoms in total. The lowest BCUT2D eigenvalue weighted by molar-refractivity contribution is -0.157. The zero-order valence-corrected chi connectivity index (χ0v) is 13.9. The van der Waals surface area contributed by atoms with Crippen LogP contribution in [0.4, 0.5) is 0 Å². The first-order chi connectivity index (χ1) is 10.3. The summed E-state index contributed by atoms with van der Waals surface area (Å²) in [6.45, 7) is 4.67. The maximum Gasteiger partial charge on any atom is 0.136 e. The van der Waals surface area contributed by atoms with Crippen molar-refractivity contribution in [3.8, 4) is 0 Å². The van der Waals surface area contributed by atoms with Crippen LogP contribution in [-0.2, 0) is 4.79 Å². The number of carbonyl (C=O) groups is 1. The second-order valence-electron chi connectivity index (χ2n) is 9.32. The lowest BCUT2D eigenvalue weighted by Crippen LogP contribution is -2.56. The first kappa shape index (κ1) is 15.1.